The number of piperidine rings is 1. The van der Waals surface area contributed by atoms with E-state index in [1.807, 2.05) is 18.3 Å². The molecule has 4 heterocycles. The Morgan fingerprint density at radius 2 is 1.96 bits per heavy atom. The highest BCUT2D eigenvalue weighted by atomic mass is 16.5. The summed E-state index contributed by atoms with van der Waals surface area (Å²) in [7, 11) is 3.49. The van der Waals surface area contributed by atoms with Crippen molar-refractivity contribution in [1.82, 2.24) is 20.0 Å². The van der Waals surface area contributed by atoms with Gasteiger partial charge in [-0.2, -0.15) is 5.10 Å². The fourth-order valence-corrected chi connectivity index (χ4v) is 4.57. The molecule has 6 nitrogen and oxygen atoms in total. The molecule has 0 spiro atoms. The first kappa shape index (κ1) is 18.5. The van der Waals surface area contributed by atoms with E-state index in [4.69, 9.17) is 9.47 Å². The number of rotatable bonds is 7. The molecule has 0 amide bonds. The maximum Gasteiger partial charge on any atom is 0.118 e. The Balaban J connectivity index is 1.46. The Bertz CT molecular complexity index is 730. The summed E-state index contributed by atoms with van der Waals surface area (Å²) in [6, 6.07) is 8.83. The second-order valence-electron chi connectivity index (χ2n) is 7.78. The standard InChI is InChI=1S/C21H30N4O2/c1-26-10-9-25-13-16-3-6-19(25)15-24(12-16)14-18-11-22-23-21(18)17-4-7-20(27-2)8-5-17/h4-5,7-8,11,16,19H,3,6,9-10,12-15H2,1-2H3,(H,22,23)/t16-,19+/m1/s1. The van der Waals surface area contributed by atoms with Crippen LogP contribution in [0.15, 0.2) is 30.5 Å². The molecule has 6 heteroatoms. The van der Waals surface area contributed by atoms with Gasteiger partial charge in [0, 0.05) is 57.0 Å². The van der Waals surface area contributed by atoms with E-state index in [1.165, 1.54) is 31.5 Å². The Kier molecular flexibility index (Phi) is 5.76. The number of methoxy groups -OCH3 is 2. The molecule has 1 aromatic heterocycles. The third-order valence-electron chi connectivity index (χ3n) is 5.98. The van der Waals surface area contributed by atoms with Gasteiger partial charge in [-0.25, -0.2) is 0 Å². The number of nitrogens with one attached hydrogen (secondary N) is 1. The molecule has 0 radical (unpaired) electrons. The second kappa shape index (κ2) is 8.42. The van der Waals surface area contributed by atoms with E-state index in [9.17, 15) is 0 Å². The highest BCUT2D eigenvalue weighted by Gasteiger charge is 2.34. The molecular formula is C21H30N4O2. The highest BCUT2D eigenvalue weighted by Crippen LogP contribution is 2.30. The molecule has 0 unspecified atom stereocenters. The first-order chi connectivity index (χ1) is 13.3. The average Bonchev–Trinajstić information content (AvgIpc) is 2.98. The summed E-state index contributed by atoms with van der Waals surface area (Å²) in [5.74, 6) is 1.64. The normalized spacial score (nSPS) is 23.5. The SMILES string of the molecule is COCCN1C[C@@H]2CC[C@H]1CN(Cc1cn[nH]c1-c1ccc(OC)cc1)C2. The Labute approximate surface area is 161 Å². The van der Waals surface area contributed by atoms with Crippen molar-refractivity contribution < 1.29 is 9.47 Å². The van der Waals surface area contributed by atoms with Crippen molar-refractivity contribution in [2.75, 3.05) is 47.0 Å². The smallest absolute Gasteiger partial charge is 0.118 e. The van der Waals surface area contributed by atoms with Crippen molar-refractivity contribution in [2.45, 2.75) is 25.4 Å². The zero-order chi connectivity index (χ0) is 18.6. The molecule has 3 fully saturated rings. The molecule has 2 bridgehead atoms. The van der Waals surface area contributed by atoms with Gasteiger partial charge in [-0.15, -0.1) is 0 Å². The van der Waals surface area contributed by atoms with Crippen LogP contribution in [-0.4, -0.2) is 73.0 Å². The number of aromatic amines is 1. The predicted octanol–water partition coefficient (Wildman–Crippen LogP) is 2.63. The van der Waals surface area contributed by atoms with Crippen molar-refractivity contribution in [3.05, 3.63) is 36.0 Å². The van der Waals surface area contributed by atoms with Gasteiger partial charge in [0.1, 0.15) is 5.75 Å². The van der Waals surface area contributed by atoms with Crippen molar-refractivity contribution in [1.29, 1.82) is 0 Å². The lowest BCUT2D eigenvalue weighted by Gasteiger charge is -2.35. The summed E-state index contributed by atoms with van der Waals surface area (Å²) >= 11 is 0. The maximum absolute atomic E-state index is 5.31. The second-order valence-corrected chi connectivity index (χ2v) is 7.78. The zero-order valence-corrected chi connectivity index (χ0v) is 16.4. The minimum atomic E-state index is 0.648. The van der Waals surface area contributed by atoms with Crippen molar-refractivity contribution in [2.24, 2.45) is 5.92 Å². The van der Waals surface area contributed by atoms with E-state index in [0.717, 1.165) is 49.2 Å². The number of fused-ring (bicyclic) bond motifs is 4. The summed E-state index contributed by atoms with van der Waals surface area (Å²) in [5, 5.41) is 7.52. The molecule has 5 rings (SSSR count). The van der Waals surface area contributed by atoms with Crippen LogP contribution in [0.2, 0.25) is 0 Å². The van der Waals surface area contributed by atoms with Gasteiger partial charge in [0.25, 0.3) is 0 Å². The van der Waals surface area contributed by atoms with E-state index < -0.39 is 0 Å². The quantitative estimate of drug-likeness (QED) is 0.812. The number of nitrogens with zero attached hydrogens (tertiary/aromatic N) is 3. The van der Waals surface area contributed by atoms with E-state index in [0.29, 0.717) is 6.04 Å². The van der Waals surface area contributed by atoms with E-state index in [-0.39, 0.29) is 0 Å². The Morgan fingerprint density at radius 1 is 1.11 bits per heavy atom. The van der Waals surface area contributed by atoms with Gasteiger partial charge in [0.15, 0.2) is 0 Å². The lowest BCUT2D eigenvalue weighted by molar-refractivity contribution is 0.0867. The largest absolute Gasteiger partial charge is 0.497 e. The minimum absolute atomic E-state index is 0.648. The molecule has 2 aromatic rings. The summed E-state index contributed by atoms with van der Waals surface area (Å²) in [6.07, 6.45) is 4.64. The topological polar surface area (TPSA) is 53.6 Å². The van der Waals surface area contributed by atoms with Crippen LogP contribution in [0.1, 0.15) is 18.4 Å². The van der Waals surface area contributed by atoms with Crippen LogP contribution < -0.4 is 4.74 Å². The third-order valence-corrected chi connectivity index (χ3v) is 5.98. The average molecular weight is 370 g/mol. The van der Waals surface area contributed by atoms with Crippen LogP contribution >= 0.6 is 0 Å². The first-order valence-corrected chi connectivity index (χ1v) is 9.89. The fourth-order valence-electron chi connectivity index (χ4n) is 4.57. The van der Waals surface area contributed by atoms with Gasteiger partial charge >= 0.3 is 0 Å². The Hall–Kier alpha value is -1.89. The zero-order valence-electron chi connectivity index (χ0n) is 16.4. The van der Waals surface area contributed by atoms with E-state index >= 15 is 0 Å². The number of ether oxygens (including phenoxy) is 2. The fraction of sp³-hybridized carbons (Fsp3) is 0.571. The predicted molar refractivity (Wildman–Crippen MR) is 106 cm³/mol. The van der Waals surface area contributed by atoms with Gasteiger partial charge in [0.2, 0.25) is 0 Å². The monoisotopic (exact) mass is 370 g/mol. The summed E-state index contributed by atoms with van der Waals surface area (Å²) in [4.78, 5) is 5.25. The molecular weight excluding hydrogens is 340 g/mol. The molecule has 146 valence electrons. The summed E-state index contributed by atoms with van der Waals surface area (Å²) in [5.41, 5.74) is 3.54. The number of hydrogen-bond acceptors (Lipinski definition) is 5. The van der Waals surface area contributed by atoms with Crippen LogP contribution in [0.3, 0.4) is 0 Å². The van der Waals surface area contributed by atoms with E-state index in [1.54, 1.807) is 14.2 Å². The lowest BCUT2D eigenvalue weighted by Crippen LogP contribution is -2.45. The number of benzene rings is 1. The van der Waals surface area contributed by atoms with Gasteiger partial charge in [-0.3, -0.25) is 14.9 Å². The van der Waals surface area contributed by atoms with Gasteiger partial charge in [-0.1, -0.05) is 0 Å². The summed E-state index contributed by atoms with van der Waals surface area (Å²) in [6.45, 7) is 6.34. The van der Waals surface area contributed by atoms with Crippen molar-refractivity contribution in [3.63, 3.8) is 0 Å². The number of aromatic nitrogens is 2. The van der Waals surface area contributed by atoms with Crippen LogP contribution in [0.5, 0.6) is 5.75 Å². The molecule has 3 saturated heterocycles. The lowest BCUT2D eigenvalue weighted by atomic mass is 9.95. The maximum atomic E-state index is 5.31. The van der Waals surface area contributed by atoms with Crippen LogP contribution in [-0.2, 0) is 11.3 Å². The van der Waals surface area contributed by atoms with Gasteiger partial charge in [-0.05, 0) is 43.0 Å². The van der Waals surface area contributed by atoms with Gasteiger partial charge in [0.05, 0.1) is 25.6 Å². The summed E-state index contributed by atoms with van der Waals surface area (Å²) < 4.78 is 10.6. The van der Waals surface area contributed by atoms with Crippen molar-refractivity contribution >= 4 is 0 Å². The molecule has 3 aliphatic rings. The molecule has 1 N–H and O–H groups in total. The number of hydrogen-bond donors (Lipinski definition) is 1. The molecule has 27 heavy (non-hydrogen) atoms. The molecule has 1 aromatic carbocycles. The molecule has 2 atom stereocenters. The molecule has 3 aliphatic heterocycles. The molecule has 0 saturated carbocycles. The first-order valence-electron chi connectivity index (χ1n) is 9.89. The van der Waals surface area contributed by atoms with Crippen LogP contribution in [0.25, 0.3) is 11.3 Å². The van der Waals surface area contributed by atoms with Crippen LogP contribution in [0, 0.1) is 5.92 Å². The third kappa shape index (κ3) is 4.18. The molecule has 0 aliphatic carbocycles. The van der Waals surface area contributed by atoms with E-state index in [2.05, 4.69) is 32.1 Å². The Morgan fingerprint density at radius 3 is 2.74 bits per heavy atom. The van der Waals surface area contributed by atoms with Crippen molar-refractivity contribution in [3.8, 4) is 17.0 Å². The van der Waals surface area contributed by atoms with Gasteiger partial charge < -0.3 is 9.47 Å². The highest BCUT2D eigenvalue weighted by molar-refractivity contribution is 5.63. The van der Waals surface area contributed by atoms with Crippen LogP contribution in [0.4, 0.5) is 0 Å². The minimum Gasteiger partial charge on any atom is -0.497 e. The number of H-pyrrole nitrogens is 1.